The number of nitrogens with zero attached hydrogens (tertiary/aromatic N) is 2. The third-order valence-corrected chi connectivity index (χ3v) is 3.14. The first kappa shape index (κ1) is 15.4. The molecule has 0 amide bonds. The van der Waals surface area contributed by atoms with Gasteiger partial charge >= 0.3 is 0 Å². The Morgan fingerprint density at radius 2 is 1.95 bits per heavy atom. The molecule has 0 radical (unpaired) electrons. The largest absolute Gasteiger partial charge is 0.485 e. The van der Waals surface area contributed by atoms with Gasteiger partial charge in [0.05, 0.1) is 11.9 Å². The van der Waals surface area contributed by atoms with Gasteiger partial charge in [0.1, 0.15) is 12.4 Å². The van der Waals surface area contributed by atoms with Crippen LogP contribution in [-0.4, -0.2) is 16.5 Å². The third-order valence-electron chi connectivity index (χ3n) is 3.14. The quantitative estimate of drug-likeness (QED) is 0.848. The number of rotatable bonds is 7. The number of ether oxygens (including phenoxy) is 1. The number of nitrogens with one attached hydrogen (secondary N) is 1. The van der Waals surface area contributed by atoms with E-state index in [-0.39, 0.29) is 0 Å². The van der Waals surface area contributed by atoms with Gasteiger partial charge in [-0.1, -0.05) is 51.1 Å². The second kappa shape index (κ2) is 7.74. The molecule has 0 aliphatic rings. The molecule has 112 valence electrons. The maximum absolute atomic E-state index is 5.89. The Hall–Kier alpha value is -1.94. The van der Waals surface area contributed by atoms with Crippen LogP contribution in [-0.2, 0) is 13.2 Å². The number of hydrogen-bond donors (Lipinski definition) is 1. The fourth-order valence-electron chi connectivity index (χ4n) is 1.93. The minimum absolute atomic E-state index is 0.313. The number of aromatic nitrogens is 2. The summed E-state index contributed by atoms with van der Waals surface area (Å²) in [5.41, 5.74) is 2.06. The first-order valence-corrected chi connectivity index (χ1v) is 7.44. The van der Waals surface area contributed by atoms with Gasteiger partial charge in [0.2, 0.25) is 0 Å². The highest BCUT2D eigenvalue weighted by Crippen LogP contribution is 2.19. The van der Waals surface area contributed by atoms with Crippen LogP contribution < -0.4 is 10.1 Å². The molecule has 0 saturated carbocycles. The molecule has 0 aliphatic carbocycles. The van der Waals surface area contributed by atoms with E-state index in [4.69, 9.17) is 4.74 Å². The van der Waals surface area contributed by atoms with Crippen LogP contribution in [0.15, 0.2) is 36.5 Å². The smallest absolute Gasteiger partial charge is 0.160 e. The van der Waals surface area contributed by atoms with E-state index in [1.807, 2.05) is 30.3 Å². The van der Waals surface area contributed by atoms with E-state index in [2.05, 4.69) is 36.1 Å². The van der Waals surface area contributed by atoms with Crippen LogP contribution in [0.3, 0.4) is 0 Å². The van der Waals surface area contributed by atoms with E-state index < -0.39 is 0 Å². The fourth-order valence-corrected chi connectivity index (χ4v) is 1.93. The van der Waals surface area contributed by atoms with E-state index in [0.29, 0.717) is 19.1 Å². The first-order chi connectivity index (χ1) is 10.2. The van der Waals surface area contributed by atoms with Gasteiger partial charge in [-0.3, -0.25) is 0 Å². The summed E-state index contributed by atoms with van der Waals surface area (Å²) < 4.78 is 5.89. The highest BCUT2D eigenvalue weighted by Gasteiger charge is 2.10. The maximum atomic E-state index is 5.89. The van der Waals surface area contributed by atoms with Gasteiger partial charge in [0, 0.05) is 12.5 Å². The second-order valence-corrected chi connectivity index (χ2v) is 5.25. The Morgan fingerprint density at radius 3 is 2.62 bits per heavy atom. The van der Waals surface area contributed by atoms with Crippen molar-refractivity contribution in [2.24, 2.45) is 0 Å². The van der Waals surface area contributed by atoms with Gasteiger partial charge in [0.25, 0.3) is 0 Å². The van der Waals surface area contributed by atoms with Crippen molar-refractivity contribution in [2.45, 2.75) is 39.8 Å². The molecule has 1 aromatic heterocycles. The zero-order valence-electron chi connectivity index (χ0n) is 13.0. The molecular weight excluding hydrogens is 262 g/mol. The first-order valence-electron chi connectivity index (χ1n) is 7.44. The summed E-state index contributed by atoms with van der Waals surface area (Å²) in [7, 11) is 0. The maximum Gasteiger partial charge on any atom is 0.160 e. The standard InChI is InChI=1S/C17H23N3O/c1-4-18-10-15-16(11-19-17(20-15)13(2)3)21-12-14-8-6-5-7-9-14/h5-9,11,13,18H,4,10,12H2,1-3H3. The predicted octanol–water partition coefficient (Wildman–Crippen LogP) is 3.29. The topological polar surface area (TPSA) is 47.0 Å². The van der Waals surface area contributed by atoms with Crippen molar-refractivity contribution in [2.75, 3.05) is 6.54 Å². The third kappa shape index (κ3) is 4.53. The summed E-state index contributed by atoms with van der Waals surface area (Å²) in [5.74, 6) is 1.92. The average molecular weight is 285 g/mol. The molecular formula is C17H23N3O. The van der Waals surface area contributed by atoms with Crippen LogP contribution in [0.1, 0.15) is 43.8 Å². The Morgan fingerprint density at radius 1 is 1.19 bits per heavy atom. The van der Waals surface area contributed by atoms with E-state index in [1.165, 1.54) is 0 Å². The predicted molar refractivity (Wildman–Crippen MR) is 84.3 cm³/mol. The molecule has 1 N–H and O–H groups in total. The zero-order valence-corrected chi connectivity index (χ0v) is 13.0. The van der Waals surface area contributed by atoms with Gasteiger partial charge in [-0.25, -0.2) is 9.97 Å². The van der Waals surface area contributed by atoms with Crippen molar-refractivity contribution in [1.82, 2.24) is 15.3 Å². The average Bonchev–Trinajstić information content (AvgIpc) is 2.52. The lowest BCUT2D eigenvalue weighted by molar-refractivity contribution is 0.298. The lowest BCUT2D eigenvalue weighted by atomic mass is 10.2. The van der Waals surface area contributed by atoms with Crippen molar-refractivity contribution in [1.29, 1.82) is 0 Å². The molecule has 1 aromatic carbocycles. The van der Waals surface area contributed by atoms with E-state index >= 15 is 0 Å². The van der Waals surface area contributed by atoms with Crippen LogP contribution in [0.2, 0.25) is 0 Å². The van der Waals surface area contributed by atoms with E-state index in [1.54, 1.807) is 6.20 Å². The second-order valence-electron chi connectivity index (χ2n) is 5.25. The van der Waals surface area contributed by atoms with Gasteiger partial charge < -0.3 is 10.1 Å². The van der Waals surface area contributed by atoms with Crippen LogP contribution in [0.25, 0.3) is 0 Å². The normalized spacial score (nSPS) is 10.9. The monoisotopic (exact) mass is 285 g/mol. The molecule has 0 bridgehead atoms. The number of hydrogen-bond acceptors (Lipinski definition) is 4. The van der Waals surface area contributed by atoms with Crippen molar-refractivity contribution < 1.29 is 4.74 Å². The highest BCUT2D eigenvalue weighted by molar-refractivity contribution is 5.26. The Bertz CT molecular complexity index is 555. The minimum atomic E-state index is 0.313. The molecule has 0 aliphatic heterocycles. The molecule has 21 heavy (non-hydrogen) atoms. The van der Waals surface area contributed by atoms with Crippen molar-refractivity contribution in [3.8, 4) is 5.75 Å². The molecule has 4 nitrogen and oxygen atoms in total. The summed E-state index contributed by atoms with van der Waals surface area (Å²) in [5, 5.41) is 3.30. The fraction of sp³-hybridized carbons (Fsp3) is 0.412. The van der Waals surface area contributed by atoms with Crippen molar-refractivity contribution in [3.63, 3.8) is 0 Å². The molecule has 0 unspecified atom stereocenters. The van der Waals surface area contributed by atoms with Crippen LogP contribution in [0.4, 0.5) is 0 Å². The van der Waals surface area contributed by atoms with Gasteiger partial charge in [-0.15, -0.1) is 0 Å². The lowest BCUT2D eigenvalue weighted by Gasteiger charge is -2.13. The summed E-state index contributed by atoms with van der Waals surface area (Å²) in [4.78, 5) is 9.02. The molecule has 0 spiro atoms. The van der Waals surface area contributed by atoms with Crippen LogP contribution in [0.5, 0.6) is 5.75 Å². The Kier molecular flexibility index (Phi) is 5.69. The minimum Gasteiger partial charge on any atom is -0.485 e. The summed E-state index contributed by atoms with van der Waals surface area (Å²) in [6.45, 7) is 8.40. The van der Waals surface area contributed by atoms with Crippen molar-refractivity contribution >= 4 is 0 Å². The molecule has 1 heterocycles. The molecule has 0 saturated heterocycles. The summed E-state index contributed by atoms with van der Waals surface area (Å²) in [6, 6.07) is 10.1. The van der Waals surface area contributed by atoms with Crippen LogP contribution in [0, 0.1) is 0 Å². The SMILES string of the molecule is CCNCc1nc(C(C)C)ncc1OCc1ccccc1. The van der Waals surface area contributed by atoms with Crippen LogP contribution >= 0.6 is 0 Å². The number of benzene rings is 1. The van der Waals surface area contributed by atoms with Gasteiger partial charge in [0.15, 0.2) is 5.75 Å². The van der Waals surface area contributed by atoms with E-state index in [0.717, 1.165) is 29.4 Å². The van der Waals surface area contributed by atoms with Crippen molar-refractivity contribution in [3.05, 3.63) is 53.6 Å². The molecule has 4 heteroatoms. The highest BCUT2D eigenvalue weighted by atomic mass is 16.5. The lowest BCUT2D eigenvalue weighted by Crippen LogP contribution is -2.16. The summed E-state index contributed by atoms with van der Waals surface area (Å²) in [6.07, 6.45) is 1.79. The Labute approximate surface area is 126 Å². The van der Waals surface area contributed by atoms with Gasteiger partial charge in [-0.2, -0.15) is 0 Å². The molecule has 2 rings (SSSR count). The Balaban J connectivity index is 2.13. The molecule has 2 aromatic rings. The van der Waals surface area contributed by atoms with Gasteiger partial charge in [-0.05, 0) is 12.1 Å². The zero-order chi connectivity index (χ0) is 15.1. The summed E-state index contributed by atoms with van der Waals surface area (Å²) >= 11 is 0. The molecule has 0 fully saturated rings. The molecule has 0 atom stereocenters. The van der Waals surface area contributed by atoms with E-state index in [9.17, 15) is 0 Å².